The summed E-state index contributed by atoms with van der Waals surface area (Å²) in [6.45, 7) is 0. The summed E-state index contributed by atoms with van der Waals surface area (Å²) in [6.07, 6.45) is 3.26. The first-order valence-electron chi connectivity index (χ1n) is 6.51. The summed E-state index contributed by atoms with van der Waals surface area (Å²) < 4.78 is 1.51. The van der Waals surface area contributed by atoms with Gasteiger partial charge in [0.1, 0.15) is 6.04 Å². The second kappa shape index (κ2) is 6.21. The van der Waals surface area contributed by atoms with Gasteiger partial charge in [-0.05, 0) is 5.56 Å². The van der Waals surface area contributed by atoms with E-state index in [-0.39, 0.29) is 12.3 Å². The van der Waals surface area contributed by atoms with Crippen molar-refractivity contribution in [3.8, 4) is 0 Å². The fraction of sp³-hybridized carbons (Fsp3) is 0.267. The number of rotatable bonds is 5. The summed E-state index contributed by atoms with van der Waals surface area (Å²) in [5.74, 6) is -1.38. The Morgan fingerprint density at radius 1 is 1.33 bits per heavy atom. The number of benzene rings is 1. The Kier molecular flexibility index (Phi) is 4.37. The minimum absolute atomic E-state index is 0.263. The van der Waals surface area contributed by atoms with Crippen LogP contribution in [-0.4, -0.2) is 44.8 Å². The fourth-order valence-corrected chi connectivity index (χ4v) is 2.10. The van der Waals surface area contributed by atoms with Crippen molar-refractivity contribution in [2.45, 2.75) is 12.5 Å². The Bertz CT molecular complexity index is 637. The van der Waals surface area contributed by atoms with Gasteiger partial charge in [-0.3, -0.25) is 9.48 Å². The zero-order valence-electron chi connectivity index (χ0n) is 11.9. The van der Waals surface area contributed by atoms with Gasteiger partial charge in [-0.25, -0.2) is 4.79 Å². The summed E-state index contributed by atoms with van der Waals surface area (Å²) in [4.78, 5) is 25.0. The van der Waals surface area contributed by atoms with Crippen molar-refractivity contribution < 1.29 is 14.7 Å². The molecule has 0 saturated heterocycles. The van der Waals surface area contributed by atoms with E-state index < -0.39 is 12.0 Å². The van der Waals surface area contributed by atoms with Gasteiger partial charge in [0.05, 0.1) is 11.8 Å². The Balaban J connectivity index is 2.18. The van der Waals surface area contributed by atoms with Crippen LogP contribution in [0, 0.1) is 0 Å². The number of hydrogen-bond acceptors (Lipinski definition) is 3. The lowest BCUT2D eigenvalue weighted by atomic mass is 10.0. The van der Waals surface area contributed by atoms with Crippen molar-refractivity contribution in [2.75, 3.05) is 7.05 Å². The minimum atomic E-state index is -1.03. The number of aliphatic carboxylic acids is 1. The van der Waals surface area contributed by atoms with Crippen LogP contribution in [0.3, 0.4) is 0 Å². The quantitative estimate of drug-likeness (QED) is 0.896. The first-order valence-corrected chi connectivity index (χ1v) is 6.51. The highest BCUT2D eigenvalue weighted by molar-refractivity contribution is 5.96. The molecule has 1 unspecified atom stereocenters. The molecule has 1 aromatic heterocycles. The Morgan fingerprint density at radius 2 is 2.00 bits per heavy atom. The molecule has 1 atom stereocenters. The van der Waals surface area contributed by atoms with E-state index in [1.165, 1.54) is 22.8 Å². The van der Waals surface area contributed by atoms with Crippen LogP contribution < -0.4 is 0 Å². The normalized spacial score (nSPS) is 11.9. The number of nitrogens with zero attached hydrogens (tertiary/aromatic N) is 3. The number of carbonyl (C=O) groups is 2. The Hall–Kier alpha value is -2.63. The molecule has 1 amide bonds. The molecule has 0 radical (unpaired) electrons. The number of amides is 1. The third-order valence-electron chi connectivity index (χ3n) is 3.30. The summed E-state index contributed by atoms with van der Waals surface area (Å²) in [7, 11) is 3.20. The van der Waals surface area contributed by atoms with Gasteiger partial charge in [-0.2, -0.15) is 5.10 Å². The van der Waals surface area contributed by atoms with E-state index in [4.69, 9.17) is 0 Å². The molecule has 0 aliphatic rings. The number of likely N-dealkylation sites (N-methyl/N-ethyl adjacent to an activating group) is 1. The average molecular weight is 287 g/mol. The molecule has 6 nitrogen and oxygen atoms in total. The van der Waals surface area contributed by atoms with Crippen LogP contribution in [0.4, 0.5) is 0 Å². The smallest absolute Gasteiger partial charge is 0.326 e. The summed E-state index contributed by atoms with van der Waals surface area (Å²) in [5, 5.41) is 13.3. The Morgan fingerprint density at radius 3 is 2.52 bits per heavy atom. The highest BCUT2D eigenvalue weighted by Crippen LogP contribution is 2.11. The van der Waals surface area contributed by atoms with Crippen LogP contribution in [0.5, 0.6) is 0 Å². The van der Waals surface area contributed by atoms with E-state index in [0.29, 0.717) is 5.56 Å². The molecule has 0 fully saturated rings. The van der Waals surface area contributed by atoms with Gasteiger partial charge in [-0.1, -0.05) is 30.3 Å². The number of carboxylic acid groups (broad SMARTS) is 1. The van der Waals surface area contributed by atoms with Crippen LogP contribution in [0.15, 0.2) is 42.7 Å². The molecule has 21 heavy (non-hydrogen) atoms. The zero-order chi connectivity index (χ0) is 15.4. The SMILES string of the molecule is CN(C(=O)c1cnn(C)c1)C(Cc1ccccc1)C(=O)O. The maximum absolute atomic E-state index is 12.3. The molecule has 0 aliphatic heterocycles. The van der Waals surface area contributed by atoms with Crippen LogP contribution in [0.25, 0.3) is 0 Å². The zero-order valence-corrected chi connectivity index (χ0v) is 11.9. The molecular weight excluding hydrogens is 270 g/mol. The lowest BCUT2D eigenvalue weighted by Crippen LogP contribution is -2.43. The second-order valence-electron chi connectivity index (χ2n) is 4.86. The van der Waals surface area contributed by atoms with E-state index >= 15 is 0 Å². The van der Waals surface area contributed by atoms with Gasteiger partial charge >= 0.3 is 5.97 Å². The van der Waals surface area contributed by atoms with E-state index in [9.17, 15) is 14.7 Å². The fourth-order valence-electron chi connectivity index (χ4n) is 2.10. The van der Waals surface area contributed by atoms with E-state index in [1.54, 1.807) is 13.2 Å². The number of carboxylic acids is 1. The van der Waals surface area contributed by atoms with E-state index in [0.717, 1.165) is 5.56 Å². The van der Waals surface area contributed by atoms with Crippen molar-refractivity contribution in [3.05, 3.63) is 53.9 Å². The molecule has 0 saturated carbocycles. The summed E-state index contributed by atoms with van der Waals surface area (Å²) >= 11 is 0. The maximum Gasteiger partial charge on any atom is 0.326 e. The number of hydrogen-bond donors (Lipinski definition) is 1. The van der Waals surface area contributed by atoms with Crippen LogP contribution in [-0.2, 0) is 18.3 Å². The number of aromatic nitrogens is 2. The molecule has 6 heteroatoms. The monoisotopic (exact) mass is 287 g/mol. The second-order valence-corrected chi connectivity index (χ2v) is 4.86. The van der Waals surface area contributed by atoms with Gasteiger partial charge in [0.2, 0.25) is 0 Å². The van der Waals surface area contributed by atoms with Crippen molar-refractivity contribution in [1.29, 1.82) is 0 Å². The molecule has 1 heterocycles. The maximum atomic E-state index is 12.3. The van der Waals surface area contributed by atoms with Crippen LogP contribution >= 0.6 is 0 Å². The highest BCUT2D eigenvalue weighted by atomic mass is 16.4. The van der Waals surface area contributed by atoms with Gasteiger partial charge in [-0.15, -0.1) is 0 Å². The van der Waals surface area contributed by atoms with E-state index in [2.05, 4.69) is 5.10 Å². The molecule has 2 aromatic rings. The molecule has 2 rings (SSSR count). The predicted molar refractivity (Wildman–Crippen MR) is 76.9 cm³/mol. The summed E-state index contributed by atoms with van der Waals surface area (Å²) in [5.41, 5.74) is 1.25. The topological polar surface area (TPSA) is 75.4 Å². The lowest BCUT2D eigenvalue weighted by Gasteiger charge is -2.24. The number of aryl methyl sites for hydroxylation is 1. The van der Waals surface area contributed by atoms with Crippen molar-refractivity contribution in [2.24, 2.45) is 7.05 Å². The first-order chi connectivity index (χ1) is 9.99. The molecule has 1 N–H and O–H groups in total. The number of carbonyl (C=O) groups excluding carboxylic acids is 1. The molecular formula is C15H17N3O3. The molecule has 0 aliphatic carbocycles. The van der Waals surface area contributed by atoms with Crippen molar-refractivity contribution in [1.82, 2.24) is 14.7 Å². The van der Waals surface area contributed by atoms with Crippen molar-refractivity contribution >= 4 is 11.9 Å². The third kappa shape index (κ3) is 3.47. The third-order valence-corrected chi connectivity index (χ3v) is 3.30. The van der Waals surface area contributed by atoms with Crippen LogP contribution in [0.2, 0.25) is 0 Å². The van der Waals surface area contributed by atoms with Gasteiger partial charge in [0.15, 0.2) is 0 Å². The lowest BCUT2D eigenvalue weighted by molar-refractivity contribution is -0.141. The van der Waals surface area contributed by atoms with Gasteiger partial charge in [0, 0.05) is 26.7 Å². The highest BCUT2D eigenvalue weighted by Gasteiger charge is 2.28. The molecule has 110 valence electrons. The standard InChI is InChI=1S/C15H17N3O3/c1-17-10-12(9-16-17)14(19)18(2)13(15(20)21)8-11-6-4-3-5-7-11/h3-7,9-10,13H,8H2,1-2H3,(H,20,21). The first kappa shape index (κ1) is 14.8. The molecule has 1 aromatic carbocycles. The largest absolute Gasteiger partial charge is 0.480 e. The van der Waals surface area contributed by atoms with Gasteiger partial charge in [0.25, 0.3) is 5.91 Å². The minimum Gasteiger partial charge on any atom is -0.480 e. The van der Waals surface area contributed by atoms with E-state index in [1.807, 2.05) is 30.3 Å². The summed E-state index contributed by atoms with van der Waals surface area (Å²) in [6, 6.07) is 8.33. The molecule has 0 bridgehead atoms. The Labute approximate surface area is 122 Å². The average Bonchev–Trinajstić information content (AvgIpc) is 2.90. The molecule has 0 spiro atoms. The predicted octanol–water partition coefficient (Wildman–Crippen LogP) is 1.19. The van der Waals surface area contributed by atoms with Crippen LogP contribution in [0.1, 0.15) is 15.9 Å². The van der Waals surface area contributed by atoms with Gasteiger partial charge < -0.3 is 10.0 Å². The van der Waals surface area contributed by atoms with Crippen molar-refractivity contribution in [3.63, 3.8) is 0 Å².